The molecule has 1 aliphatic rings. The van der Waals surface area contributed by atoms with Crippen LogP contribution in [-0.4, -0.2) is 42.9 Å². The molecule has 0 atom stereocenters. The summed E-state index contributed by atoms with van der Waals surface area (Å²) in [5.74, 6) is -0.382. The number of ketones is 1. The van der Waals surface area contributed by atoms with E-state index in [1.54, 1.807) is 45.9 Å². The Morgan fingerprint density at radius 3 is 1.93 bits per heavy atom. The predicted octanol–water partition coefficient (Wildman–Crippen LogP) is 4.71. The quantitative estimate of drug-likeness (QED) is 0.352. The number of carbonyl (C=O) groups excluding carboxylic acids is 1. The molecular weight excluding hydrogens is 430 g/mol. The van der Waals surface area contributed by atoms with Crippen molar-refractivity contribution in [2.75, 3.05) is 26.4 Å². The van der Waals surface area contributed by atoms with Gasteiger partial charge in [0.1, 0.15) is 5.71 Å². The van der Waals surface area contributed by atoms with Crippen LogP contribution in [0.1, 0.15) is 50.0 Å². The molecule has 0 fully saturated rings. The van der Waals surface area contributed by atoms with E-state index < -0.39 is 20.2 Å². The van der Waals surface area contributed by atoms with Crippen molar-refractivity contribution in [3.05, 3.63) is 35.4 Å². The molecule has 11 heteroatoms. The van der Waals surface area contributed by atoms with Gasteiger partial charge in [-0.25, -0.2) is 0 Å². The summed E-state index contributed by atoms with van der Waals surface area (Å²) in [6.45, 7) is 8.54. The second-order valence-corrected chi connectivity index (χ2v) is 11.4. The van der Waals surface area contributed by atoms with Gasteiger partial charge < -0.3 is 18.1 Å². The maximum absolute atomic E-state index is 13.9. The lowest BCUT2D eigenvalue weighted by atomic mass is 10.0. The van der Waals surface area contributed by atoms with E-state index >= 15 is 0 Å². The molecule has 1 aromatic carbocycles. The lowest BCUT2D eigenvalue weighted by Gasteiger charge is -2.38. The molecule has 0 radical (unpaired) electrons. The molecule has 1 N–H and O–H groups in total. The molecule has 1 heterocycles. The minimum Gasteiger partial charge on any atom is -0.307 e. The molecule has 30 heavy (non-hydrogen) atoms. The zero-order chi connectivity index (χ0) is 22.4. The third-order valence-corrected chi connectivity index (χ3v) is 10.6. The summed E-state index contributed by atoms with van der Waals surface area (Å²) < 4.78 is 49.7. The third-order valence-electron chi connectivity index (χ3n) is 4.43. The number of Topliss-reactive ketones (excluding diaryl/α,β-unsaturated/α-hetero) is 1. The van der Waals surface area contributed by atoms with Crippen molar-refractivity contribution in [2.24, 2.45) is 5.10 Å². The zero-order valence-corrected chi connectivity index (χ0v) is 19.8. The van der Waals surface area contributed by atoms with Gasteiger partial charge in [-0.3, -0.25) is 19.4 Å². The second kappa shape index (κ2) is 10.3. The van der Waals surface area contributed by atoms with Crippen LogP contribution in [0.25, 0.3) is 0 Å². The van der Waals surface area contributed by atoms with Gasteiger partial charge in [-0.15, -0.1) is 0 Å². The van der Waals surface area contributed by atoms with Crippen LogP contribution in [0.15, 0.2) is 29.4 Å². The van der Waals surface area contributed by atoms with Gasteiger partial charge in [0.25, 0.3) is 5.02 Å². The fourth-order valence-electron chi connectivity index (χ4n) is 3.20. The fourth-order valence-corrected chi connectivity index (χ4v) is 8.49. The van der Waals surface area contributed by atoms with Gasteiger partial charge in [-0.1, -0.05) is 23.8 Å². The van der Waals surface area contributed by atoms with Crippen LogP contribution < -0.4 is 5.43 Å². The Kier molecular flexibility index (Phi) is 8.57. The van der Waals surface area contributed by atoms with Crippen molar-refractivity contribution in [3.63, 3.8) is 0 Å². The molecule has 0 saturated heterocycles. The summed E-state index contributed by atoms with van der Waals surface area (Å²) in [7, 11) is -8.30. The molecule has 0 aliphatic carbocycles. The minimum atomic E-state index is -4.15. The van der Waals surface area contributed by atoms with E-state index in [2.05, 4.69) is 10.5 Å². The first-order valence-electron chi connectivity index (χ1n) is 9.96. The Balaban J connectivity index is 2.55. The Morgan fingerprint density at radius 1 is 1.00 bits per heavy atom. The number of rotatable bonds is 12. The number of nitrogens with one attached hydrogen (secondary N) is 1. The molecule has 1 aromatic rings. The molecule has 1 aliphatic heterocycles. The topological polar surface area (TPSA) is 113 Å². The molecule has 0 aromatic heterocycles. The van der Waals surface area contributed by atoms with Gasteiger partial charge >= 0.3 is 15.2 Å². The standard InChI is InChI=1S/C19H30N2O7P2/c1-6-25-29(23,26-7-2)19(30(24,27-8-3)28-9-4)14-17(20-21-19)18(22)16-12-10-11-15(5)13-16/h10-13,21H,6-9,14H2,1-5H3. The number of hydrogen-bond donors (Lipinski definition) is 1. The van der Waals surface area contributed by atoms with Crippen molar-refractivity contribution >= 4 is 26.7 Å². The van der Waals surface area contributed by atoms with Crippen LogP contribution in [-0.2, 0) is 27.2 Å². The smallest absolute Gasteiger partial charge is 0.307 e. The third kappa shape index (κ3) is 4.62. The van der Waals surface area contributed by atoms with E-state index in [1.807, 2.05) is 13.0 Å². The van der Waals surface area contributed by atoms with Crippen molar-refractivity contribution in [1.29, 1.82) is 0 Å². The van der Waals surface area contributed by atoms with Crippen molar-refractivity contribution in [2.45, 2.75) is 46.1 Å². The van der Waals surface area contributed by atoms with E-state index in [9.17, 15) is 13.9 Å². The maximum Gasteiger partial charge on any atom is 0.370 e. The number of aryl methyl sites for hydroxylation is 1. The highest BCUT2D eigenvalue weighted by molar-refractivity contribution is 7.74. The average molecular weight is 460 g/mol. The largest absolute Gasteiger partial charge is 0.370 e. The Bertz CT molecular complexity index is 837. The summed E-state index contributed by atoms with van der Waals surface area (Å²) in [6.07, 6.45) is -0.297. The number of carbonyl (C=O) groups is 1. The first-order chi connectivity index (χ1) is 14.2. The van der Waals surface area contributed by atoms with Crippen LogP contribution in [0.4, 0.5) is 0 Å². The number of hydrazone groups is 1. The van der Waals surface area contributed by atoms with Gasteiger partial charge in [0.15, 0.2) is 0 Å². The van der Waals surface area contributed by atoms with Crippen molar-refractivity contribution < 1.29 is 32.0 Å². The molecule has 0 spiro atoms. The lowest BCUT2D eigenvalue weighted by Crippen LogP contribution is -2.42. The SMILES string of the molecule is CCOP(=O)(OCC)C1(P(=O)(OCC)OCC)CC(C(=O)c2cccc(C)c2)=NN1. The molecule has 2 rings (SSSR count). The molecule has 0 amide bonds. The van der Waals surface area contributed by atoms with Gasteiger partial charge in [-0.05, 0) is 40.7 Å². The van der Waals surface area contributed by atoms with Crippen molar-refractivity contribution in [3.8, 4) is 0 Å². The van der Waals surface area contributed by atoms with Crippen LogP contribution in [0.3, 0.4) is 0 Å². The van der Waals surface area contributed by atoms with E-state index in [4.69, 9.17) is 18.1 Å². The normalized spacial score (nSPS) is 16.2. The Labute approximate surface area is 177 Å². The van der Waals surface area contributed by atoms with E-state index in [0.29, 0.717) is 5.56 Å². The Hall–Kier alpha value is -1.34. The van der Waals surface area contributed by atoms with E-state index in [-0.39, 0.29) is 44.3 Å². The number of hydrogen-bond acceptors (Lipinski definition) is 9. The highest BCUT2D eigenvalue weighted by atomic mass is 31.2. The predicted molar refractivity (Wildman–Crippen MR) is 115 cm³/mol. The lowest BCUT2D eigenvalue weighted by molar-refractivity contribution is 0.106. The summed E-state index contributed by atoms with van der Waals surface area (Å²) in [5, 5.41) is 2.14. The highest BCUT2D eigenvalue weighted by Gasteiger charge is 2.68. The number of nitrogens with zero attached hydrogens (tertiary/aromatic N) is 1. The first kappa shape index (κ1) is 24.9. The maximum atomic E-state index is 13.9. The zero-order valence-electron chi connectivity index (χ0n) is 18.0. The van der Waals surface area contributed by atoms with Crippen LogP contribution in [0.2, 0.25) is 0 Å². The monoisotopic (exact) mass is 460 g/mol. The fraction of sp³-hybridized carbons (Fsp3) is 0.579. The average Bonchev–Trinajstić information content (AvgIpc) is 3.16. The molecular formula is C19H30N2O7P2. The van der Waals surface area contributed by atoms with Gasteiger partial charge in [-0.2, -0.15) is 5.10 Å². The second-order valence-electron chi connectivity index (χ2n) is 6.53. The van der Waals surface area contributed by atoms with Gasteiger partial charge in [0, 0.05) is 12.0 Å². The molecule has 0 bridgehead atoms. The summed E-state index contributed by atoms with van der Waals surface area (Å²) in [5.41, 5.74) is 4.01. The first-order valence-corrected chi connectivity index (χ1v) is 13.0. The summed E-state index contributed by atoms with van der Waals surface area (Å²) in [6, 6.07) is 7.01. The molecule has 9 nitrogen and oxygen atoms in total. The highest BCUT2D eigenvalue weighted by Crippen LogP contribution is 2.78. The van der Waals surface area contributed by atoms with E-state index in [1.165, 1.54) is 0 Å². The summed E-state index contributed by atoms with van der Waals surface area (Å²) >= 11 is 0. The molecule has 0 saturated carbocycles. The van der Waals surface area contributed by atoms with E-state index in [0.717, 1.165) is 5.56 Å². The van der Waals surface area contributed by atoms with Crippen LogP contribution >= 0.6 is 15.2 Å². The molecule has 168 valence electrons. The van der Waals surface area contributed by atoms with Crippen LogP contribution in [0, 0.1) is 6.92 Å². The van der Waals surface area contributed by atoms with Crippen LogP contribution in [0.5, 0.6) is 0 Å². The summed E-state index contributed by atoms with van der Waals surface area (Å²) in [4.78, 5) is 13.1. The van der Waals surface area contributed by atoms with Gasteiger partial charge in [0.2, 0.25) is 5.78 Å². The minimum absolute atomic E-state index is 0.0279. The Morgan fingerprint density at radius 2 is 1.50 bits per heavy atom. The molecule has 0 unspecified atom stereocenters. The van der Waals surface area contributed by atoms with Crippen molar-refractivity contribution in [1.82, 2.24) is 5.43 Å². The van der Waals surface area contributed by atoms with Gasteiger partial charge in [0.05, 0.1) is 26.4 Å². The number of benzene rings is 1.